The minimum Gasteiger partial charge on any atom is -0.480 e. The van der Waals surface area contributed by atoms with Gasteiger partial charge in [-0.1, -0.05) is 0 Å². The number of ether oxygens (including phenoxy) is 3. The minimum atomic E-state index is -0.526. The van der Waals surface area contributed by atoms with E-state index in [9.17, 15) is 4.79 Å². The molecule has 0 radical (unpaired) electrons. The van der Waals surface area contributed by atoms with E-state index in [0.29, 0.717) is 11.4 Å². The molecule has 0 amide bonds. The summed E-state index contributed by atoms with van der Waals surface area (Å²) in [4.78, 5) is 19.5. The molecule has 0 saturated heterocycles. The molecule has 1 aromatic heterocycles. The summed E-state index contributed by atoms with van der Waals surface area (Å²) in [6.07, 6.45) is 4.34. The molecule has 0 unspecified atom stereocenters. The molecular weight excluding hydrogens is 248 g/mol. The lowest BCUT2D eigenvalue weighted by Crippen LogP contribution is -2.22. The largest absolute Gasteiger partial charge is 0.480 e. The van der Waals surface area contributed by atoms with Crippen LogP contribution in [-0.4, -0.2) is 35.8 Å². The first-order valence-corrected chi connectivity index (χ1v) is 5.72. The van der Waals surface area contributed by atoms with Crippen LogP contribution in [-0.2, 0) is 9.53 Å². The molecule has 1 heterocycles. The third-order valence-corrected chi connectivity index (χ3v) is 1.94. The van der Waals surface area contributed by atoms with Crippen LogP contribution in [0.1, 0.15) is 26.3 Å². The summed E-state index contributed by atoms with van der Waals surface area (Å²) in [5.41, 5.74) is 0.0382. The second-order valence-corrected chi connectivity index (χ2v) is 4.69. The molecule has 0 aliphatic heterocycles. The standard InChI is InChI=1S/C13H18N2O4/c1-13(2,3)19-10(16)7-6-9-8-14-12(18-5)15-11(9)17-4/h6-8H,1-5H3/b7-6+. The zero-order valence-corrected chi connectivity index (χ0v) is 11.8. The lowest BCUT2D eigenvalue weighted by atomic mass is 10.2. The fraction of sp³-hybridized carbons (Fsp3) is 0.462. The molecule has 1 aromatic rings. The van der Waals surface area contributed by atoms with E-state index in [1.807, 2.05) is 0 Å². The van der Waals surface area contributed by atoms with Crippen molar-refractivity contribution in [2.45, 2.75) is 26.4 Å². The Kier molecular flexibility index (Phi) is 4.86. The average molecular weight is 266 g/mol. The molecule has 0 atom stereocenters. The van der Waals surface area contributed by atoms with Gasteiger partial charge in [0, 0.05) is 12.3 Å². The molecule has 0 saturated carbocycles. The summed E-state index contributed by atoms with van der Waals surface area (Å²) in [7, 11) is 2.94. The van der Waals surface area contributed by atoms with E-state index >= 15 is 0 Å². The SMILES string of the molecule is COc1ncc(/C=C/C(=O)OC(C)(C)C)c(OC)n1. The highest BCUT2D eigenvalue weighted by atomic mass is 16.6. The van der Waals surface area contributed by atoms with Crippen LogP contribution in [0.15, 0.2) is 12.3 Å². The van der Waals surface area contributed by atoms with Crippen LogP contribution in [0.2, 0.25) is 0 Å². The molecule has 1 rings (SSSR count). The molecule has 0 aliphatic rings. The Labute approximate surface area is 112 Å². The van der Waals surface area contributed by atoms with Gasteiger partial charge in [-0.2, -0.15) is 4.98 Å². The van der Waals surface area contributed by atoms with E-state index in [0.717, 1.165) is 0 Å². The maximum Gasteiger partial charge on any atom is 0.331 e. The number of nitrogens with zero attached hydrogens (tertiary/aromatic N) is 2. The predicted octanol–water partition coefficient (Wildman–Crippen LogP) is 1.85. The first-order chi connectivity index (χ1) is 8.85. The number of carbonyl (C=O) groups is 1. The van der Waals surface area contributed by atoms with Gasteiger partial charge in [-0.15, -0.1) is 0 Å². The van der Waals surface area contributed by atoms with Gasteiger partial charge in [0.2, 0.25) is 5.88 Å². The van der Waals surface area contributed by atoms with Gasteiger partial charge in [0.1, 0.15) is 5.60 Å². The van der Waals surface area contributed by atoms with Crippen LogP contribution in [0.3, 0.4) is 0 Å². The van der Waals surface area contributed by atoms with Crippen molar-refractivity contribution in [2.24, 2.45) is 0 Å². The van der Waals surface area contributed by atoms with Crippen LogP contribution < -0.4 is 9.47 Å². The Morgan fingerprint density at radius 2 is 1.95 bits per heavy atom. The van der Waals surface area contributed by atoms with Gasteiger partial charge in [0.15, 0.2) is 0 Å². The van der Waals surface area contributed by atoms with Gasteiger partial charge in [-0.3, -0.25) is 0 Å². The van der Waals surface area contributed by atoms with Crippen molar-refractivity contribution >= 4 is 12.0 Å². The van der Waals surface area contributed by atoms with Crippen molar-refractivity contribution in [3.8, 4) is 11.9 Å². The van der Waals surface area contributed by atoms with Crippen LogP contribution in [0.5, 0.6) is 11.9 Å². The topological polar surface area (TPSA) is 70.5 Å². The Balaban J connectivity index is 2.84. The Bertz CT molecular complexity index is 478. The minimum absolute atomic E-state index is 0.200. The molecule has 0 bridgehead atoms. The van der Waals surface area contributed by atoms with E-state index in [2.05, 4.69) is 9.97 Å². The maximum atomic E-state index is 11.5. The number of carbonyl (C=O) groups excluding carboxylic acids is 1. The van der Waals surface area contributed by atoms with Crippen LogP contribution in [0.25, 0.3) is 6.08 Å². The molecule has 0 N–H and O–H groups in total. The molecule has 104 valence electrons. The summed E-state index contributed by atoms with van der Waals surface area (Å²) in [5, 5.41) is 0. The summed E-state index contributed by atoms with van der Waals surface area (Å²) in [5.74, 6) is -0.114. The van der Waals surface area contributed by atoms with Crippen molar-refractivity contribution in [1.29, 1.82) is 0 Å². The first-order valence-electron chi connectivity index (χ1n) is 5.72. The average Bonchev–Trinajstić information content (AvgIpc) is 2.34. The Hall–Kier alpha value is -2.11. The molecule has 19 heavy (non-hydrogen) atoms. The number of hydrogen-bond donors (Lipinski definition) is 0. The van der Waals surface area contributed by atoms with Crippen molar-refractivity contribution in [2.75, 3.05) is 14.2 Å². The molecule has 0 spiro atoms. The number of esters is 1. The van der Waals surface area contributed by atoms with Gasteiger partial charge in [-0.25, -0.2) is 9.78 Å². The highest BCUT2D eigenvalue weighted by Crippen LogP contribution is 2.18. The number of hydrogen-bond acceptors (Lipinski definition) is 6. The first kappa shape index (κ1) is 14.9. The zero-order chi connectivity index (χ0) is 14.5. The zero-order valence-electron chi connectivity index (χ0n) is 11.8. The van der Waals surface area contributed by atoms with E-state index in [1.54, 1.807) is 20.8 Å². The fourth-order valence-corrected chi connectivity index (χ4v) is 1.23. The maximum absolute atomic E-state index is 11.5. The Morgan fingerprint density at radius 1 is 1.26 bits per heavy atom. The van der Waals surface area contributed by atoms with E-state index in [-0.39, 0.29) is 6.01 Å². The van der Waals surface area contributed by atoms with Crippen molar-refractivity contribution < 1.29 is 19.0 Å². The van der Waals surface area contributed by atoms with Crippen LogP contribution >= 0.6 is 0 Å². The highest BCUT2D eigenvalue weighted by molar-refractivity contribution is 5.87. The molecule has 0 fully saturated rings. The third kappa shape index (κ3) is 4.95. The second kappa shape index (κ2) is 6.17. The molecule has 0 aliphatic carbocycles. The summed E-state index contributed by atoms with van der Waals surface area (Å²) < 4.78 is 15.1. The summed E-state index contributed by atoms with van der Waals surface area (Å²) in [6.45, 7) is 5.40. The smallest absolute Gasteiger partial charge is 0.331 e. The lowest BCUT2D eigenvalue weighted by molar-refractivity contribution is -0.148. The molecule has 6 nitrogen and oxygen atoms in total. The van der Waals surface area contributed by atoms with E-state index < -0.39 is 11.6 Å². The van der Waals surface area contributed by atoms with Crippen molar-refractivity contribution in [1.82, 2.24) is 9.97 Å². The van der Waals surface area contributed by atoms with E-state index in [1.165, 1.54) is 32.6 Å². The normalized spacial score (nSPS) is 11.4. The van der Waals surface area contributed by atoms with Gasteiger partial charge in [0.05, 0.1) is 19.8 Å². The number of rotatable bonds is 4. The summed E-state index contributed by atoms with van der Waals surface area (Å²) in [6, 6.07) is 0.200. The molecular formula is C13H18N2O4. The van der Waals surface area contributed by atoms with Crippen molar-refractivity contribution in [3.63, 3.8) is 0 Å². The van der Waals surface area contributed by atoms with Gasteiger partial charge < -0.3 is 14.2 Å². The number of aromatic nitrogens is 2. The monoisotopic (exact) mass is 266 g/mol. The second-order valence-electron chi connectivity index (χ2n) is 4.69. The quantitative estimate of drug-likeness (QED) is 0.612. The van der Waals surface area contributed by atoms with Crippen LogP contribution in [0.4, 0.5) is 0 Å². The third-order valence-electron chi connectivity index (χ3n) is 1.94. The molecule has 6 heteroatoms. The summed E-state index contributed by atoms with van der Waals surface area (Å²) >= 11 is 0. The number of methoxy groups -OCH3 is 2. The van der Waals surface area contributed by atoms with Crippen LogP contribution in [0, 0.1) is 0 Å². The van der Waals surface area contributed by atoms with Gasteiger partial charge >= 0.3 is 12.0 Å². The fourth-order valence-electron chi connectivity index (χ4n) is 1.23. The Morgan fingerprint density at radius 3 is 2.47 bits per heavy atom. The van der Waals surface area contributed by atoms with Crippen molar-refractivity contribution in [3.05, 3.63) is 17.8 Å². The lowest BCUT2D eigenvalue weighted by Gasteiger charge is -2.17. The van der Waals surface area contributed by atoms with E-state index in [4.69, 9.17) is 14.2 Å². The highest BCUT2D eigenvalue weighted by Gasteiger charge is 2.14. The van der Waals surface area contributed by atoms with Gasteiger partial charge in [-0.05, 0) is 26.8 Å². The molecule has 0 aromatic carbocycles. The van der Waals surface area contributed by atoms with Gasteiger partial charge in [0.25, 0.3) is 0 Å². The predicted molar refractivity (Wildman–Crippen MR) is 70.0 cm³/mol.